The van der Waals surface area contributed by atoms with Crippen LogP contribution in [0, 0.1) is 47.3 Å². The molecule has 4 aliphatic rings. The maximum absolute atomic E-state index is 2.51. The second-order valence-corrected chi connectivity index (χ2v) is 9.70. The summed E-state index contributed by atoms with van der Waals surface area (Å²) in [7, 11) is 0. The molecule has 0 bridgehead atoms. The van der Waals surface area contributed by atoms with Gasteiger partial charge in [-0.2, -0.15) is 0 Å². The summed E-state index contributed by atoms with van der Waals surface area (Å²) in [6.07, 6.45) is 17.3. The molecule has 0 amide bonds. The van der Waals surface area contributed by atoms with E-state index in [0.29, 0.717) is 0 Å². The Morgan fingerprint density at radius 3 is 2.38 bits per heavy atom. The zero-order valence-corrected chi connectivity index (χ0v) is 14.4. The van der Waals surface area contributed by atoms with E-state index in [2.05, 4.69) is 13.8 Å². The zero-order chi connectivity index (χ0) is 14.4. The van der Waals surface area contributed by atoms with Gasteiger partial charge in [-0.15, -0.1) is 0 Å². The summed E-state index contributed by atoms with van der Waals surface area (Å²) in [6, 6.07) is 0. The Labute approximate surface area is 132 Å². The highest BCUT2D eigenvalue weighted by molar-refractivity contribution is 4.93. The fraction of sp³-hybridized carbons (Fsp3) is 1.00. The molecule has 4 aliphatic carbocycles. The third-order valence-corrected chi connectivity index (χ3v) is 8.05. The van der Waals surface area contributed by atoms with Crippen LogP contribution in [-0.2, 0) is 0 Å². The van der Waals surface area contributed by atoms with Crippen molar-refractivity contribution < 1.29 is 0 Å². The van der Waals surface area contributed by atoms with Crippen LogP contribution in [-0.4, -0.2) is 0 Å². The minimum atomic E-state index is 1.03. The molecule has 0 aromatic carbocycles. The van der Waals surface area contributed by atoms with Gasteiger partial charge in [0.15, 0.2) is 0 Å². The van der Waals surface area contributed by atoms with Crippen LogP contribution >= 0.6 is 0 Å². The molecule has 0 N–H and O–H groups in total. The van der Waals surface area contributed by atoms with Gasteiger partial charge in [0.05, 0.1) is 0 Å². The normalized spacial score (nSPS) is 53.4. The van der Waals surface area contributed by atoms with Crippen LogP contribution in [0.25, 0.3) is 0 Å². The SMILES string of the molecule is CC1CCC2CC(CC3CCCC4CC(C)CC43)CC2C1. The van der Waals surface area contributed by atoms with E-state index in [0.717, 1.165) is 47.3 Å². The molecule has 0 aromatic heterocycles. The third kappa shape index (κ3) is 2.93. The molecule has 0 heteroatoms. The van der Waals surface area contributed by atoms with Crippen LogP contribution in [0.3, 0.4) is 0 Å². The van der Waals surface area contributed by atoms with Crippen LogP contribution in [0.5, 0.6) is 0 Å². The van der Waals surface area contributed by atoms with Crippen LogP contribution in [0.1, 0.15) is 84.5 Å². The van der Waals surface area contributed by atoms with Crippen molar-refractivity contribution in [1.82, 2.24) is 0 Å². The highest BCUT2D eigenvalue weighted by Gasteiger charge is 2.43. The second kappa shape index (κ2) is 5.89. The molecule has 21 heavy (non-hydrogen) atoms. The zero-order valence-electron chi connectivity index (χ0n) is 14.4. The maximum Gasteiger partial charge on any atom is -0.0355 e. The van der Waals surface area contributed by atoms with Crippen molar-refractivity contribution in [3.63, 3.8) is 0 Å². The van der Waals surface area contributed by atoms with Crippen LogP contribution < -0.4 is 0 Å². The first-order chi connectivity index (χ1) is 10.2. The first kappa shape index (κ1) is 14.6. The average molecular weight is 289 g/mol. The molecule has 8 atom stereocenters. The minimum Gasteiger partial charge on any atom is -0.0625 e. The van der Waals surface area contributed by atoms with Crippen molar-refractivity contribution in [2.24, 2.45) is 47.3 Å². The fourth-order valence-corrected chi connectivity index (χ4v) is 7.24. The first-order valence-corrected chi connectivity index (χ1v) is 10.2. The maximum atomic E-state index is 2.51. The molecule has 0 nitrogen and oxygen atoms in total. The summed E-state index contributed by atoms with van der Waals surface area (Å²) in [5.41, 5.74) is 0. The molecule has 0 aliphatic heterocycles. The molecule has 0 aromatic rings. The van der Waals surface area contributed by atoms with Crippen molar-refractivity contribution in [2.45, 2.75) is 84.5 Å². The summed E-state index contributed by atoms with van der Waals surface area (Å²) in [5, 5.41) is 0. The van der Waals surface area contributed by atoms with Gasteiger partial charge in [-0.25, -0.2) is 0 Å². The van der Waals surface area contributed by atoms with Crippen LogP contribution in [0.2, 0.25) is 0 Å². The lowest BCUT2D eigenvalue weighted by Gasteiger charge is -2.35. The highest BCUT2D eigenvalue weighted by atomic mass is 14.5. The van der Waals surface area contributed by atoms with Gasteiger partial charge in [-0.3, -0.25) is 0 Å². The third-order valence-electron chi connectivity index (χ3n) is 8.05. The molecule has 120 valence electrons. The van der Waals surface area contributed by atoms with E-state index in [1.54, 1.807) is 64.2 Å². The Morgan fingerprint density at radius 1 is 0.667 bits per heavy atom. The molecule has 8 unspecified atom stereocenters. The minimum absolute atomic E-state index is 1.03. The largest absolute Gasteiger partial charge is 0.0625 e. The predicted molar refractivity (Wildman–Crippen MR) is 90.1 cm³/mol. The molecular formula is C21H36. The number of hydrogen-bond donors (Lipinski definition) is 0. The van der Waals surface area contributed by atoms with E-state index >= 15 is 0 Å². The van der Waals surface area contributed by atoms with Gasteiger partial charge in [0, 0.05) is 0 Å². The lowest BCUT2D eigenvalue weighted by Crippen LogP contribution is -2.25. The molecule has 0 saturated heterocycles. The molecule has 0 heterocycles. The van der Waals surface area contributed by atoms with Gasteiger partial charge in [0.25, 0.3) is 0 Å². The second-order valence-electron chi connectivity index (χ2n) is 9.70. The Morgan fingerprint density at radius 2 is 1.48 bits per heavy atom. The molecular weight excluding hydrogens is 252 g/mol. The standard InChI is InChI=1S/C21H36/c1-14-6-7-17-11-16(13-20(17)8-14)12-19-5-3-4-18-9-15(2)10-21(18)19/h14-21H,3-13H2,1-2H3. The first-order valence-electron chi connectivity index (χ1n) is 10.2. The quantitative estimate of drug-likeness (QED) is 0.559. The smallest absolute Gasteiger partial charge is 0.0355 e. The lowest BCUT2D eigenvalue weighted by atomic mass is 9.70. The van der Waals surface area contributed by atoms with Crippen LogP contribution in [0.4, 0.5) is 0 Å². The van der Waals surface area contributed by atoms with Crippen molar-refractivity contribution in [1.29, 1.82) is 0 Å². The molecule has 0 radical (unpaired) electrons. The predicted octanol–water partition coefficient (Wildman–Crippen LogP) is 6.30. The van der Waals surface area contributed by atoms with Crippen molar-refractivity contribution in [3.05, 3.63) is 0 Å². The summed E-state index contributed by atoms with van der Waals surface area (Å²) in [5.74, 6) is 8.82. The number of rotatable bonds is 2. The van der Waals surface area contributed by atoms with Crippen LogP contribution in [0.15, 0.2) is 0 Å². The van der Waals surface area contributed by atoms with Gasteiger partial charge in [-0.05, 0) is 92.3 Å². The Kier molecular flexibility index (Phi) is 4.09. The average Bonchev–Trinajstić information content (AvgIpc) is 3.01. The topological polar surface area (TPSA) is 0 Å². The van der Waals surface area contributed by atoms with Gasteiger partial charge in [-0.1, -0.05) is 39.5 Å². The van der Waals surface area contributed by atoms with E-state index < -0.39 is 0 Å². The van der Waals surface area contributed by atoms with Gasteiger partial charge < -0.3 is 0 Å². The van der Waals surface area contributed by atoms with E-state index in [-0.39, 0.29) is 0 Å². The van der Waals surface area contributed by atoms with E-state index in [4.69, 9.17) is 0 Å². The fourth-order valence-electron chi connectivity index (χ4n) is 7.24. The highest BCUT2D eigenvalue weighted by Crippen LogP contribution is 2.53. The van der Waals surface area contributed by atoms with Gasteiger partial charge in [0.2, 0.25) is 0 Å². The Balaban J connectivity index is 1.36. The monoisotopic (exact) mass is 288 g/mol. The molecule has 4 fully saturated rings. The van der Waals surface area contributed by atoms with E-state index in [1.807, 2.05) is 0 Å². The molecule has 4 saturated carbocycles. The van der Waals surface area contributed by atoms with E-state index in [1.165, 1.54) is 6.42 Å². The van der Waals surface area contributed by atoms with Crippen molar-refractivity contribution in [2.75, 3.05) is 0 Å². The summed E-state index contributed by atoms with van der Waals surface area (Å²) in [6.45, 7) is 5.01. The molecule has 0 spiro atoms. The van der Waals surface area contributed by atoms with E-state index in [9.17, 15) is 0 Å². The summed E-state index contributed by atoms with van der Waals surface area (Å²) in [4.78, 5) is 0. The lowest BCUT2D eigenvalue weighted by molar-refractivity contribution is 0.151. The Bertz CT molecular complexity index is 359. The number of hydrogen-bond acceptors (Lipinski definition) is 0. The van der Waals surface area contributed by atoms with Gasteiger partial charge in [0.1, 0.15) is 0 Å². The van der Waals surface area contributed by atoms with Gasteiger partial charge >= 0.3 is 0 Å². The number of fused-ring (bicyclic) bond motifs is 2. The van der Waals surface area contributed by atoms with Crippen molar-refractivity contribution in [3.8, 4) is 0 Å². The molecule has 4 rings (SSSR count). The summed E-state index contributed by atoms with van der Waals surface area (Å²) < 4.78 is 0. The summed E-state index contributed by atoms with van der Waals surface area (Å²) >= 11 is 0. The van der Waals surface area contributed by atoms with Crippen molar-refractivity contribution >= 4 is 0 Å². The Hall–Kier alpha value is 0.